The quantitative estimate of drug-likeness (QED) is 0.763. The fourth-order valence-electron chi connectivity index (χ4n) is 3.26. The predicted molar refractivity (Wildman–Crippen MR) is 101 cm³/mol. The maximum Gasteiger partial charge on any atom is 0.246 e. The van der Waals surface area contributed by atoms with Gasteiger partial charge in [-0.25, -0.2) is 14.6 Å². The number of aromatic nitrogens is 4. The Morgan fingerprint density at radius 2 is 2.04 bits per heavy atom. The summed E-state index contributed by atoms with van der Waals surface area (Å²) in [4.78, 5) is 23.4. The van der Waals surface area contributed by atoms with Crippen LogP contribution in [-0.4, -0.2) is 38.7 Å². The molecule has 1 aromatic carbocycles. The van der Waals surface area contributed by atoms with Gasteiger partial charge in [0.1, 0.15) is 18.7 Å². The van der Waals surface area contributed by atoms with Crippen LogP contribution in [0.4, 0.5) is 11.5 Å². The standard InChI is InChI=1S/C18H19ClN6O/c19-13-5-4-6-14(9-13)23-16(26)11-25-18-15(10-22-25)17(20-12-21-18)24-7-2-1-3-8-24/h4-6,9-10,12H,1-3,7-8,11H2,(H,23,26). The van der Waals surface area contributed by atoms with E-state index in [9.17, 15) is 4.79 Å². The van der Waals surface area contributed by atoms with E-state index >= 15 is 0 Å². The number of piperidine rings is 1. The molecule has 1 amide bonds. The molecule has 134 valence electrons. The van der Waals surface area contributed by atoms with Crippen LogP contribution < -0.4 is 10.2 Å². The van der Waals surface area contributed by atoms with E-state index in [0.29, 0.717) is 16.4 Å². The molecule has 1 aliphatic rings. The minimum absolute atomic E-state index is 0.0759. The highest BCUT2D eigenvalue weighted by Crippen LogP contribution is 2.25. The molecular formula is C18H19ClN6O. The van der Waals surface area contributed by atoms with E-state index in [4.69, 9.17) is 11.6 Å². The Morgan fingerprint density at radius 1 is 1.19 bits per heavy atom. The molecule has 1 N–H and O–H groups in total. The summed E-state index contributed by atoms with van der Waals surface area (Å²) in [6.45, 7) is 2.06. The molecule has 0 bridgehead atoms. The summed E-state index contributed by atoms with van der Waals surface area (Å²) in [6.07, 6.45) is 6.88. The number of hydrogen-bond acceptors (Lipinski definition) is 5. The van der Waals surface area contributed by atoms with Crippen LogP contribution in [0.2, 0.25) is 5.02 Å². The highest BCUT2D eigenvalue weighted by Gasteiger charge is 2.18. The largest absolute Gasteiger partial charge is 0.356 e. The van der Waals surface area contributed by atoms with E-state index < -0.39 is 0 Å². The van der Waals surface area contributed by atoms with Gasteiger partial charge in [0.2, 0.25) is 5.91 Å². The SMILES string of the molecule is O=C(Cn1ncc2c(N3CCCCC3)ncnc21)Nc1cccc(Cl)c1. The van der Waals surface area contributed by atoms with Crippen molar-refractivity contribution in [2.75, 3.05) is 23.3 Å². The average Bonchev–Trinajstić information content (AvgIpc) is 3.05. The lowest BCUT2D eigenvalue weighted by atomic mass is 10.1. The molecule has 4 rings (SSSR count). The number of rotatable bonds is 4. The number of amides is 1. The van der Waals surface area contributed by atoms with Crippen LogP contribution in [0.3, 0.4) is 0 Å². The van der Waals surface area contributed by atoms with Crippen LogP contribution in [0.1, 0.15) is 19.3 Å². The zero-order chi connectivity index (χ0) is 17.9. The highest BCUT2D eigenvalue weighted by atomic mass is 35.5. The summed E-state index contributed by atoms with van der Waals surface area (Å²) in [5.74, 6) is 0.714. The number of carbonyl (C=O) groups is 1. The predicted octanol–water partition coefficient (Wildman–Crippen LogP) is 3.11. The van der Waals surface area contributed by atoms with Crippen LogP contribution in [0.15, 0.2) is 36.8 Å². The van der Waals surface area contributed by atoms with Gasteiger partial charge in [0.05, 0.1) is 11.6 Å². The molecule has 0 aliphatic carbocycles. The van der Waals surface area contributed by atoms with Gasteiger partial charge in [-0.1, -0.05) is 17.7 Å². The molecule has 0 atom stereocenters. The molecule has 0 radical (unpaired) electrons. The third kappa shape index (κ3) is 3.48. The minimum atomic E-state index is -0.185. The summed E-state index contributed by atoms with van der Waals surface area (Å²) in [5, 5.41) is 8.63. The molecule has 3 heterocycles. The first-order valence-electron chi connectivity index (χ1n) is 8.67. The summed E-state index contributed by atoms with van der Waals surface area (Å²) in [6, 6.07) is 7.05. The summed E-state index contributed by atoms with van der Waals surface area (Å²) >= 11 is 5.95. The monoisotopic (exact) mass is 370 g/mol. The van der Waals surface area contributed by atoms with Gasteiger partial charge < -0.3 is 10.2 Å². The topological polar surface area (TPSA) is 75.9 Å². The van der Waals surface area contributed by atoms with E-state index in [1.54, 1.807) is 41.5 Å². The lowest BCUT2D eigenvalue weighted by molar-refractivity contribution is -0.116. The summed E-state index contributed by atoms with van der Waals surface area (Å²) in [7, 11) is 0. The van der Waals surface area contributed by atoms with Crippen LogP contribution in [0, 0.1) is 0 Å². The Labute approximate surface area is 156 Å². The second-order valence-corrected chi connectivity index (χ2v) is 6.78. The van der Waals surface area contributed by atoms with Crippen LogP contribution >= 0.6 is 11.6 Å². The van der Waals surface area contributed by atoms with Gasteiger partial charge in [0, 0.05) is 23.8 Å². The van der Waals surface area contributed by atoms with Gasteiger partial charge >= 0.3 is 0 Å². The zero-order valence-electron chi connectivity index (χ0n) is 14.2. The second kappa shape index (κ2) is 7.29. The summed E-state index contributed by atoms with van der Waals surface area (Å²) < 4.78 is 1.60. The Hall–Kier alpha value is -2.67. The van der Waals surface area contributed by atoms with Gasteiger partial charge in [0.25, 0.3) is 0 Å². The molecule has 0 unspecified atom stereocenters. The lowest BCUT2D eigenvalue weighted by Crippen LogP contribution is -2.30. The number of anilines is 2. The van der Waals surface area contributed by atoms with Crippen molar-refractivity contribution in [2.24, 2.45) is 0 Å². The van der Waals surface area contributed by atoms with Crippen molar-refractivity contribution in [3.8, 4) is 0 Å². The Balaban J connectivity index is 1.54. The highest BCUT2D eigenvalue weighted by molar-refractivity contribution is 6.30. The average molecular weight is 371 g/mol. The molecule has 8 heteroatoms. The van der Waals surface area contributed by atoms with Crippen molar-refractivity contribution in [2.45, 2.75) is 25.8 Å². The number of benzene rings is 1. The van der Waals surface area contributed by atoms with E-state index in [2.05, 4.69) is 25.3 Å². The van der Waals surface area contributed by atoms with Crippen molar-refractivity contribution >= 4 is 40.0 Å². The third-order valence-electron chi connectivity index (χ3n) is 4.47. The Morgan fingerprint density at radius 3 is 2.85 bits per heavy atom. The lowest BCUT2D eigenvalue weighted by Gasteiger charge is -2.27. The molecule has 0 spiro atoms. The number of nitrogens with one attached hydrogen (secondary N) is 1. The first-order valence-corrected chi connectivity index (χ1v) is 9.05. The van der Waals surface area contributed by atoms with Gasteiger partial charge in [-0.3, -0.25) is 4.79 Å². The first kappa shape index (κ1) is 16.8. The van der Waals surface area contributed by atoms with E-state index in [0.717, 1.165) is 24.3 Å². The van der Waals surface area contributed by atoms with E-state index in [1.807, 2.05) is 0 Å². The Bertz CT molecular complexity index is 934. The number of carbonyl (C=O) groups excluding carboxylic acids is 1. The van der Waals surface area contributed by atoms with Crippen molar-refractivity contribution < 1.29 is 4.79 Å². The van der Waals surface area contributed by atoms with Gasteiger partial charge in [-0.15, -0.1) is 0 Å². The van der Waals surface area contributed by atoms with Crippen molar-refractivity contribution in [1.82, 2.24) is 19.7 Å². The number of fused-ring (bicyclic) bond motifs is 1. The van der Waals surface area contributed by atoms with E-state index in [-0.39, 0.29) is 12.5 Å². The molecular weight excluding hydrogens is 352 g/mol. The molecule has 7 nitrogen and oxygen atoms in total. The second-order valence-electron chi connectivity index (χ2n) is 6.34. The maximum atomic E-state index is 12.4. The summed E-state index contributed by atoms with van der Waals surface area (Å²) in [5.41, 5.74) is 1.32. The van der Waals surface area contributed by atoms with Crippen molar-refractivity contribution in [3.63, 3.8) is 0 Å². The molecule has 1 fully saturated rings. The van der Waals surface area contributed by atoms with Crippen molar-refractivity contribution in [1.29, 1.82) is 0 Å². The zero-order valence-corrected chi connectivity index (χ0v) is 15.0. The van der Waals surface area contributed by atoms with Gasteiger partial charge in [-0.2, -0.15) is 5.10 Å². The smallest absolute Gasteiger partial charge is 0.246 e. The number of halogens is 1. The van der Waals surface area contributed by atoms with Crippen LogP contribution in [-0.2, 0) is 11.3 Å². The number of hydrogen-bond donors (Lipinski definition) is 1. The normalized spacial score (nSPS) is 14.6. The van der Waals surface area contributed by atoms with E-state index in [1.165, 1.54) is 19.3 Å². The molecule has 1 saturated heterocycles. The molecule has 2 aromatic heterocycles. The van der Waals surface area contributed by atoms with Gasteiger partial charge in [-0.05, 0) is 37.5 Å². The maximum absolute atomic E-state index is 12.4. The number of nitrogens with zero attached hydrogens (tertiary/aromatic N) is 5. The first-order chi connectivity index (χ1) is 12.7. The molecule has 1 aliphatic heterocycles. The van der Waals surface area contributed by atoms with Crippen LogP contribution in [0.5, 0.6) is 0 Å². The molecule has 3 aromatic rings. The van der Waals surface area contributed by atoms with Gasteiger partial charge in [0.15, 0.2) is 5.65 Å². The van der Waals surface area contributed by atoms with Crippen LogP contribution in [0.25, 0.3) is 11.0 Å². The van der Waals surface area contributed by atoms with Crippen molar-refractivity contribution in [3.05, 3.63) is 41.8 Å². The molecule has 26 heavy (non-hydrogen) atoms. The third-order valence-corrected chi connectivity index (χ3v) is 4.70. The fourth-order valence-corrected chi connectivity index (χ4v) is 3.45. The fraction of sp³-hybridized carbons (Fsp3) is 0.333. The minimum Gasteiger partial charge on any atom is -0.356 e. The molecule has 0 saturated carbocycles. The Kier molecular flexibility index (Phi) is 4.71.